The molecule has 28 heavy (non-hydrogen) atoms. The molecule has 0 aliphatic rings. The van der Waals surface area contributed by atoms with E-state index in [1.165, 1.54) is 29.7 Å². The van der Waals surface area contributed by atoms with Gasteiger partial charge in [0.25, 0.3) is 11.8 Å². The lowest BCUT2D eigenvalue weighted by Gasteiger charge is -2.11. The second-order valence-corrected chi connectivity index (χ2v) is 7.44. The molecule has 8 heteroatoms. The standard InChI is InChI=1S/C20H19FN4O2S/c1-4-13-5-6-18(23-9-13)25-19(26)14-8-16(11(2)7-15(14)21)24-20(27)17-10-22-12(3)28-17/h5-10H,4H2,1-3H3,(H,24,27)(H,23,25,26). The van der Waals surface area contributed by atoms with Crippen LogP contribution < -0.4 is 10.6 Å². The maximum atomic E-state index is 14.4. The molecule has 0 atom stereocenters. The topological polar surface area (TPSA) is 84.0 Å². The smallest absolute Gasteiger partial charge is 0.267 e. The summed E-state index contributed by atoms with van der Waals surface area (Å²) in [5.41, 5.74) is 1.72. The Morgan fingerprint density at radius 1 is 1.07 bits per heavy atom. The number of hydrogen-bond donors (Lipinski definition) is 2. The molecule has 0 aliphatic heterocycles. The zero-order valence-corrected chi connectivity index (χ0v) is 16.5. The van der Waals surface area contributed by atoms with Crippen molar-refractivity contribution in [2.75, 3.05) is 10.6 Å². The summed E-state index contributed by atoms with van der Waals surface area (Å²) in [6.45, 7) is 5.46. The third-order valence-electron chi connectivity index (χ3n) is 4.13. The third-order valence-corrected chi connectivity index (χ3v) is 5.04. The fourth-order valence-electron chi connectivity index (χ4n) is 2.52. The second-order valence-electron chi connectivity index (χ2n) is 6.20. The van der Waals surface area contributed by atoms with E-state index in [2.05, 4.69) is 20.6 Å². The van der Waals surface area contributed by atoms with Crippen LogP contribution in [0, 0.1) is 19.7 Å². The highest BCUT2D eigenvalue weighted by atomic mass is 32.1. The van der Waals surface area contributed by atoms with Crippen LogP contribution in [0.15, 0.2) is 36.7 Å². The molecule has 2 N–H and O–H groups in total. The zero-order chi connectivity index (χ0) is 20.3. The van der Waals surface area contributed by atoms with Crippen molar-refractivity contribution in [1.82, 2.24) is 9.97 Å². The molecule has 1 aromatic carbocycles. The second kappa shape index (κ2) is 8.26. The Bertz CT molecular complexity index is 1030. The van der Waals surface area contributed by atoms with Crippen LogP contribution in [-0.4, -0.2) is 21.8 Å². The van der Waals surface area contributed by atoms with Gasteiger partial charge in [0.05, 0.1) is 16.8 Å². The minimum Gasteiger partial charge on any atom is -0.321 e. The summed E-state index contributed by atoms with van der Waals surface area (Å²) >= 11 is 1.25. The highest BCUT2D eigenvalue weighted by Crippen LogP contribution is 2.23. The molecule has 0 aliphatic carbocycles. The minimum absolute atomic E-state index is 0.178. The molecule has 2 amide bonds. The largest absolute Gasteiger partial charge is 0.321 e. The first kappa shape index (κ1) is 19.6. The SMILES string of the molecule is CCc1ccc(NC(=O)c2cc(NC(=O)c3cnc(C)s3)c(C)cc2F)nc1. The van der Waals surface area contributed by atoms with E-state index in [1.807, 2.05) is 13.0 Å². The Morgan fingerprint density at radius 2 is 1.86 bits per heavy atom. The van der Waals surface area contributed by atoms with Gasteiger partial charge in [-0.05, 0) is 49.6 Å². The summed E-state index contributed by atoms with van der Waals surface area (Å²) in [7, 11) is 0. The lowest BCUT2D eigenvalue weighted by molar-refractivity contribution is 0.101. The highest BCUT2D eigenvalue weighted by molar-refractivity contribution is 7.13. The van der Waals surface area contributed by atoms with E-state index in [0.29, 0.717) is 21.9 Å². The van der Waals surface area contributed by atoms with Crippen LogP contribution in [-0.2, 0) is 6.42 Å². The number of rotatable bonds is 5. The Labute approximate surface area is 165 Å². The third kappa shape index (κ3) is 4.40. The van der Waals surface area contributed by atoms with Crippen molar-refractivity contribution in [3.05, 3.63) is 69.1 Å². The van der Waals surface area contributed by atoms with E-state index in [0.717, 1.165) is 17.0 Å². The monoisotopic (exact) mass is 398 g/mol. The number of aryl methyl sites for hydroxylation is 3. The molecule has 0 unspecified atom stereocenters. The van der Waals surface area contributed by atoms with Gasteiger partial charge in [-0.3, -0.25) is 9.59 Å². The van der Waals surface area contributed by atoms with Gasteiger partial charge in [0.1, 0.15) is 16.5 Å². The van der Waals surface area contributed by atoms with Gasteiger partial charge in [0.2, 0.25) is 0 Å². The fraction of sp³-hybridized carbons (Fsp3) is 0.200. The number of aromatic nitrogens is 2. The van der Waals surface area contributed by atoms with Gasteiger partial charge < -0.3 is 10.6 Å². The predicted octanol–water partition coefficient (Wildman–Crippen LogP) is 4.36. The summed E-state index contributed by atoms with van der Waals surface area (Å²) in [6, 6.07) is 6.05. The number of thiazole rings is 1. The highest BCUT2D eigenvalue weighted by Gasteiger charge is 2.17. The number of halogens is 1. The maximum Gasteiger partial charge on any atom is 0.267 e. The number of carbonyl (C=O) groups excluding carboxylic acids is 2. The number of nitrogens with zero attached hydrogens (tertiary/aromatic N) is 2. The number of benzene rings is 1. The van der Waals surface area contributed by atoms with E-state index < -0.39 is 11.7 Å². The van der Waals surface area contributed by atoms with Crippen LogP contribution >= 0.6 is 11.3 Å². The van der Waals surface area contributed by atoms with Crippen molar-refractivity contribution in [3.63, 3.8) is 0 Å². The molecule has 3 rings (SSSR count). The van der Waals surface area contributed by atoms with Crippen LogP contribution in [0.1, 0.15) is 43.1 Å². The lowest BCUT2D eigenvalue weighted by Crippen LogP contribution is -2.17. The van der Waals surface area contributed by atoms with Crippen molar-refractivity contribution in [2.24, 2.45) is 0 Å². The maximum absolute atomic E-state index is 14.4. The van der Waals surface area contributed by atoms with Crippen molar-refractivity contribution < 1.29 is 14.0 Å². The Kier molecular flexibility index (Phi) is 5.79. The van der Waals surface area contributed by atoms with Gasteiger partial charge in [0, 0.05) is 11.9 Å². The first-order valence-electron chi connectivity index (χ1n) is 8.67. The number of pyridine rings is 1. The van der Waals surface area contributed by atoms with Crippen molar-refractivity contribution in [3.8, 4) is 0 Å². The molecule has 2 aromatic heterocycles. The van der Waals surface area contributed by atoms with E-state index in [1.54, 1.807) is 26.1 Å². The zero-order valence-electron chi connectivity index (χ0n) is 15.7. The molecule has 144 valence electrons. The molecule has 6 nitrogen and oxygen atoms in total. The normalized spacial score (nSPS) is 10.6. The van der Waals surface area contributed by atoms with Crippen LogP contribution in [0.4, 0.5) is 15.9 Å². The van der Waals surface area contributed by atoms with Gasteiger partial charge in [-0.1, -0.05) is 13.0 Å². The molecule has 0 radical (unpaired) electrons. The van der Waals surface area contributed by atoms with Gasteiger partial charge in [-0.25, -0.2) is 14.4 Å². The molecule has 0 saturated carbocycles. The van der Waals surface area contributed by atoms with Crippen LogP contribution in [0.3, 0.4) is 0 Å². The van der Waals surface area contributed by atoms with Crippen molar-refractivity contribution in [2.45, 2.75) is 27.2 Å². The number of nitrogens with one attached hydrogen (secondary N) is 2. The van der Waals surface area contributed by atoms with Gasteiger partial charge in [0.15, 0.2) is 0 Å². The first-order chi connectivity index (χ1) is 13.4. The molecule has 0 saturated heterocycles. The van der Waals surface area contributed by atoms with E-state index in [4.69, 9.17) is 0 Å². The molecular weight excluding hydrogens is 379 g/mol. The van der Waals surface area contributed by atoms with Crippen molar-refractivity contribution >= 4 is 34.7 Å². The van der Waals surface area contributed by atoms with Crippen LogP contribution in [0.2, 0.25) is 0 Å². The van der Waals surface area contributed by atoms with Gasteiger partial charge in [-0.15, -0.1) is 11.3 Å². The Morgan fingerprint density at radius 3 is 2.46 bits per heavy atom. The number of carbonyl (C=O) groups is 2. The van der Waals surface area contributed by atoms with Gasteiger partial charge in [-0.2, -0.15) is 0 Å². The lowest BCUT2D eigenvalue weighted by atomic mass is 10.1. The summed E-state index contributed by atoms with van der Waals surface area (Å²) in [5.74, 6) is -1.35. The molecule has 3 aromatic rings. The van der Waals surface area contributed by atoms with E-state index >= 15 is 0 Å². The van der Waals surface area contributed by atoms with Gasteiger partial charge >= 0.3 is 0 Å². The average Bonchev–Trinajstić information content (AvgIpc) is 3.11. The van der Waals surface area contributed by atoms with Crippen LogP contribution in [0.5, 0.6) is 0 Å². The quantitative estimate of drug-likeness (QED) is 0.669. The minimum atomic E-state index is -0.674. The predicted molar refractivity (Wildman–Crippen MR) is 108 cm³/mol. The molecule has 0 fully saturated rings. The summed E-state index contributed by atoms with van der Waals surface area (Å²) in [5, 5.41) is 6.05. The molecular formula is C20H19FN4O2S. The Hall–Kier alpha value is -3.13. The average molecular weight is 398 g/mol. The number of hydrogen-bond acceptors (Lipinski definition) is 5. The first-order valence-corrected chi connectivity index (χ1v) is 9.49. The van der Waals surface area contributed by atoms with E-state index in [9.17, 15) is 14.0 Å². The van der Waals surface area contributed by atoms with E-state index in [-0.39, 0.29) is 11.5 Å². The summed E-state index contributed by atoms with van der Waals surface area (Å²) in [4.78, 5) is 33.5. The number of amides is 2. The van der Waals surface area contributed by atoms with Crippen LogP contribution in [0.25, 0.3) is 0 Å². The summed E-state index contributed by atoms with van der Waals surface area (Å²) < 4.78 is 14.4. The van der Waals surface area contributed by atoms with Crippen molar-refractivity contribution in [1.29, 1.82) is 0 Å². The molecule has 2 heterocycles. The number of anilines is 2. The Balaban J connectivity index is 1.81. The summed E-state index contributed by atoms with van der Waals surface area (Å²) in [6.07, 6.45) is 3.97. The molecule has 0 bridgehead atoms. The fourth-order valence-corrected chi connectivity index (χ4v) is 3.20. The molecule has 0 spiro atoms.